The second-order valence-electron chi connectivity index (χ2n) is 5.00. The van der Waals surface area contributed by atoms with Gasteiger partial charge in [0, 0.05) is 10.6 Å². The molecule has 1 rings (SSSR count). The summed E-state index contributed by atoms with van der Waals surface area (Å²) in [6.45, 7) is 8.83. The van der Waals surface area contributed by atoms with Crippen molar-refractivity contribution in [2.24, 2.45) is 5.92 Å². The molecule has 19 heavy (non-hydrogen) atoms. The van der Waals surface area contributed by atoms with Gasteiger partial charge in [-0.3, -0.25) is 19.0 Å². The van der Waals surface area contributed by atoms with Gasteiger partial charge in [-0.2, -0.15) is 0 Å². The summed E-state index contributed by atoms with van der Waals surface area (Å²) in [5, 5.41) is 2.68. The van der Waals surface area contributed by atoms with Crippen LogP contribution in [0.25, 0.3) is 0 Å². The third kappa shape index (κ3) is 3.76. The highest BCUT2D eigenvalue weighted by molar-refractivity contribution is 7.09. The van der Waals surface area contributed by atoms with Crippen LogP contribution < -0.4 is 10.2 Å². The van der Waals surface area contributed by atoms with E-state index in [4.69, 9.17) is 0 Å². The van der Waals surface area contributed by atoms with Crippen LogP contribution in [0.3, 0.4) is 0 Å². The number of carbonyl (C=O) groups excluding carboxylic acids is 2. The number of aromatic nitrogens is 1. The molecule has 0 bridgehead atoms. The minimum Gasteiger partial charge on any atom is -0.344 e. The number of Topliss-reactive ketones (excluding diaryl/α,β-unsaturated/α-hetero) is 1. The second kappa shape index (κ2) is 6.14. The van der Waals surface area contributed by atoms with Gasteiger partial charge in [-0.05, 0) is 26.7 Å². The molecule has 0 aliphatic carbocycles. The molecule has 1 N–H and O–H groups in total. The molecule has 0 aliphatic heterocycles. The van der Waals surface area contributed by atoms with Crippen LogP contribution in [-0.4, -0.2) is 22.3 Å². The Morgan fingerprint density at radius 2 is 1.89 bits per heavy atom. The quantitative estimate of drug-likeness (QED) is 0.885. The van der Waals surface area contributed by atoms with Gasteiger partial charge in [0.25, 0.3) is 0 Å². The number of hydrogen-bond donors (Lipinski definition) is 1. The third-order valence-corrected chi connectivity index (χ3v) is 4.09. The van der Waals surface area contributed by atoms with Gasteiger partial charge in [-0.25, -0.2) is 0 Å². The van der Waals surface area contributed by atoms with Crippen LogP contribution >= 0.6 is 11.3 Å². The van der Waals surface area contributed by atoms with Gasteiger partial charge in [0.05, 0.1) is 6.04 Å². The van der Waals surface area contributed by atoms with Crippen LogP contribution in [0.1, 0.15) is 31.3 Å². The Bertz CT molecular complexity index is 543. The molecular formula is C13H20N2O3S. The Hall–Kier alpha value is -1.43. The maximum atomic E-state index is 11.9. The molecule has 6 heteroatoms. The van der Waals surface area contributed by atoms with E-state index in [1.165, 1.54) is 11.5 Å². The van der Waals surface area contributed by atoms with Crippen molar-refractivity contribution in [1.82, 2.24) is 9.88 Å². The number of amides is 1. The topological polar surface area (TPSA) is 68.2 Å². The zero-order valence-corrected chi connectivity index (χ0v) is 12.8. The van der Waals surface area contributed by atoms with Crippen molar-refractivity contribution in [1.29, 1.82) is 0 Å². The molecule has 0 saturated carbocycles. The SMILES string of the molecule is CC(=O)C(NC(=O)Cn1c(C)c(C)sc1=O)C(C)C. The van der Waals surface area contributed by atoms with Crippen molar-refractivity contribution in [2.45, 2.75) is 47.2 Å². The molecule has 1 heterocycles. The molecule has 1 unspecified atom stereocenters. The Labute approximate surface area is 116 Å². The van der Waals surface area contributed by atoms with Gasteiger partial charge in [-0.1, -0.05) is 25.2 Å². The number of ketones is 1. The number of aryl methyl sites for hydroxylation is 1. The third-order valence-electron chi connectivity index (χ3n) is 3.10. The number of hydrogen-bond acceptors (Lipinski definition) is 4. The van der Waals surface area contributed by atoms with Gasteiger partial charge in [-0.15, -0.1) is 0 Å². The lowest BCUT2D eigenvalue weighted by atomic mass is 10.0. The first kappa shape index (κ1) is 15.6. The normalized spacial score (nSPS) is 12.5. The van der Waals surface area contributed by atoms with Crippen LogP contribution in [0, 0.1) is 19.8 Å². The Morgan fingerprint density at radius 1 is 1.32 bits per heavy atom. The minimum atomic E-state index is -0.497. The summed E-state index contributed by atoms with van der Waals surface area (Å²) < 4.78 is 1.44. The van der Waals surface area contributed by atoms with E-state index < -0.39 is 6.04 Å². The molecule has 0 saturated heterocycles. The van der Waals surface area contributed by atoms with Gasteiger partial charge >= 0.3 is 4.87 Å². The fraction of sp³-hybridized carbons (Fsp3) is 0.615. The molecule has 0 spiro atoms. The van der Waals surface area contributed by atoms with E-state index in [0.29, 0.717) is 0 Å². The van der Waals surface area contributed by atoms with E-state index in [-0.39, 0.29) is 29.0 Å². The van der Waals surface area contributed by atoms with Crippen LogP contribution in [-0.2, 0) is 16.1 Å². The fourth-order valence-corrected chi connectivity index (χ4v) is 2.70. The summed E-state index contributed by atoms with van der Waals surface area (Å²) in [7, 11) is 0. The molecule has 0 fully saturated rings. The van der Waals surface area contributed by atoms with E-state index in [1.54, 1.807) is 0 Å². The second-order valence-corrected chi connectivity index (χ2v) is 6.16. The van der Waals surface area contributed by atoms with E-state index in [1.807, 2.05) is 27.7 Å². The first-order chi connectivity index (χ1) is 8.73. The first-order valence-electron chi connectivity index (χ1n) is 6.20. The van der Waals surface area contributed by atoms with E-state index in [0.717, 1.165) is 21.9 Å². The van der Waals surface area contributed by atoms with Crippen LogP contribution in [0.15, 0.2) is 4.79 Å². The molecule has 1 atom stereocenters. The smallest absolute Gasteiger partial charge is 0.308 e. The van der Waals surface area contributed by atoms with Crippen molar-refractivity contribution in [2.75, 3.05) is 0 Å². The fourth-order valence-electron chi connectivity index (χ4n) is 1.87. The van der Waals surface area contributed by atoms with Gasteiger partial charge in [0.1, 0.15) is 6.54 Å². The van der Waals surface area contributed by atoms with Gasteiger partial charge < -0.3 is 5.32 Å². The monoisotopic (exact) mass is 284 g/mol. The van der Waals surface area contributed by atoms with Crippen LogP contribution in [0.5, 0.6) is 0 Å². The Kier molecular flexibility index (Phi) is 5.05. The van der Waals surface area contributed by atoms with Crippen molar-refractivity contribution in [3.05, 3.63) is 20.2 Å². The molecule has 5 nitrogen and oxygen atoms in total. The minimum absolute atomic E-state index is 0.0310. The predicted octanol–water partition coefficient (Wildman–Crippen LogP) is 1.26. The maximum Gasteiger partial charge on any atom is 0.308 e. The molecule has 0 aromatic carbocycles. The van der Waals surface area contributed by atoms with E-state index in [9.17, 15) is 14.4 Å². The highest BCUT2D eigenvalue weighted by Crippen LogP contribution is 2.09. The molecule has 1 aromatic heterocycles. The largest absolute Gasteiger partial charge is 0.344 e. The van der Waals surface area contributed by atoms with Crippen molar-refractivity contribution in [3.63, 3.8) is 0 Å². The highest BCUT2D eigenvalue weighted by atomic mass is 32.1. The Morgan fingerprint density at radius 3 is 2.26 bits per heavy atom. The van der Waals surface area contributed by atoms with E-state index in [2.05, 4.69) is 5.32 Å². The van der Waals surface area contributed by atoms with Crippen LogP contribution in [0.2, 0.25) is 0 Å². The summed E-state index contributed by atoms with van der Waals surface area (Å²) >= 11 is 1.13. The summed E-state index contributed by atoms with van der Waals surface area (Å²) in [5.74, 6) is -0.353. The van der Waals surface area contributed by atoms with Crippen molar-refractivity contribution < 1.29 is 9.59 Å². The number of nitrogens with zero attached hydrogens (tertiary/aromatic N) is 1. The molecule has 1 amide bonds. The number of rotatable bonds is 5. The first-order valence-corrected chi connectivity index (χ1v) is 7.02. The Balaban J connectivity index is 2.80. The standard InChI is InChI=1S/C13H20N2O3S/c1-7(2)12(9(4)16)14-11(17)6-15-8(3)10(5)19-13(15)18/h7,12H,6H2,1-5H3,(H,14,17). The molecular weight excluding hydrogens is 264 g/mol. The van der Waals surface area contributed by atoms with Gasteiger partial charge in [0.2, 0.25) is 5.91 Å². The zero-order valence-electron chi connectivity index (χ0n) is 11.9. The molecule has 1 aromatic rings. The summed E-state index contributed by atoms with van der Waals surface area (Å²) in [6, 6.07) is -0.497. The molecule has 106 valence electrons. The molecule has 0 radical (unpaired) electrons. The summed E-state index contributed by atoms with van der Waals surface area (Å²) in [5.41, 5.74) is 0.800. The lowest BCUT2D eigenvalue weighted by molar-refractivity contribution is -0.128. The molecule has 0 aliphatic rings. The lowest BCUT2D eigenvalue weighted by Gasteiger charge is -2.19. The number of thiazole rings is 1. The maximum absolute atomic E-state index is 11.9. The van der Waals surface area contributed by atoms with E-state index >= 15 is 0 Å². The van der Waals surface area contributed by atoms with Crippen molar-refractivity contribution >= 4 is 23.0 Å². The summed E-state index contributed by atoms with van der Waals surface area (Å²) in [6.07, 6.45) is 0. The van der Waals surface area contributed by atoms with Gasteiger partial charge in [0.15, 0.2) is 5.78 Å². The summed E-state index contributed by atoms with van der Waals surface area (Å²) in [4.78, 5) is 35.8. The van der Waals surface area contributed by atoms with Crippen LogP contribution in [0.4, 0.5) is 0 Å². The number of carbonyl (C=O) groups is 2. The zero-order chi connectivity index (χ0) is 14.7. The predicted molar refractivity (Wildman–Crippen MR) is 75.5 cm³/mol. The van der Waals surface area contributed by atoms with Crippen molar-refractivity contribution in [3.8, 4) is 0 Å². The number of nitrogens with one attached hydrogen (secondary N) is 1. The average molecular weight is 284 g/mol. The lowest BCUT2D eigenvalue weighted by Crippen LogP contribution is -2.45. The highest BCUT2D eigenvalue weighted by Gasteiger charge is 2.21. The average Bonchev–Trinajstić information content (AvgIpc) is 2.52.